The van der Waals surface area contributed by atoms with Gasteiger partial charge in [-0.05, 0) is 81.8 Å². The minimum Gasteiger partial charge on any atom is -0.462 e. The van der Waals surface area contributed by atoms with Crippen LogP contribution in [0.4, 0.5) is 19.0 Å². The summed E-state index contributed by atoms with van der Waals surface area (Å²) in [5.41, 5.74) is 4.38. The first-order valence-corrected chi connectivity index (χ1v) is 15.0. The number of piperazine rings is 1. The molecule has 10 heteroatoms. The number of rotatable bonds is 6. The molecule has 224 valence electrons. The number of nitrogens with zero attached hydrogens (tertiary/aromatic N) is 5. The summed E-state index contributed by atoms with van der Waals surface area (Å²) in [6.07, 6.45) is 2.02. The largest absolute Gasteiger partial charge is 0.462 e. The van der Waals surface area contributed by atoms with Gasteiger partial charge < -0.3 is 14.5 Å². The number of benzene rings is 2. The Morgan fingerprint density at radius 1 is 1.12 bits per heavy atom. The lowest BCUT2D eigenvalue weighted by atomic mass is 9.85. The van der Waals surface area contributed by atoms with Crippen molar-refractivity contribution in [1.82, 2.24) is 19.8 Å². The van der Waals surface area contributed by atoms with E-state index in [-0.39, 0.29) is 30.5 Å². The molecular formula is C32H38F3N5O2. The summed E-state index contributed by atoms with van der Waals surface area (Å²) >= 11 is 0. The Morgan fingerprint density at radius 2 is 1.93 bits per heavy atom. The van der Waals surface area contributed by atoms with E-state index in [4.69, 9.17) is 14.7 Å². The summed E-state index contributed by atoms with van der Waals surface area (Å²) in [6, 6.07) is 9.20. The Bertz CT molecular complexity index is 1480. The molecule has 0 N–H and O–H groups in total. The number of hydrogen-bond donors (Lipinski definition) is 0. The standard InChI is InChI=1S/C32H38F3N5O2/c1-19-16-39(31(41)20(2)33)11-12-40(19)30-27-14-28(35)26(25-10-6-8-21-7-4-5-9-24(21)25)15-29(27)36-32(37-30)42-18-23-13-22(34)17-38(23)3/h6,8,10,14-15,19-20,22-23H,4-5,7,9,11-13,16-18H2,1-3H3/t19-,20?,22+,23-/m0/s1. The van der Waals surface area contributed by atoms with E-state index in [2.05, 4.69) is 6.07 Å². The van der Waals surface area contributed by atoms with Gasteiger partial charge in [0.05, 0.1) is 5.52 Å². The highest BCUT2D eigenvalue weighted by Gasteiger charge is 2.33. The molecular weight excluding hydrogens is 543 g/mol. The minimum absolute atomic E-state index is 0.0986. The Morgan fingerprint density at radius 3 is 2.67 bits per heavy atom. The lowest BCUT2D eigenvalue weighted by molar-refractivity contribution is -0.136. The van der Waals surface area contributed by atoms with E-state index in [1.807, 2.05) is 35.9 Å². The van der Waals surface area contributed by atoms with Crippen molar-refractivity contribution in [2.75, 3.05) is 44.7 Å². The maximum atomic E-state index is 16.0. The highest BCUT2D eigenvalue weighted by atomic mass is 19.1. The van der Waals surface area contributed by atoms with Crippen LogP contribution in [0.2, 0.25) is 0 Å². The molecule has 0 saturated carbocycles. The van der Waals surface area contributed by atoms with Gasteiger partial charge in [-0.3, -0.25) is 9.69 Å². The maximum absolute atomic E-state index is 16.0. The number of likely N-dealkylation sites (tertiary alicyclic amines) is 1. The van der Waals surface area contributed by atoms with Crippen LogP contribution in [0, 0.1) is 5.82 Å². The Kier molecular flexibility index (Phi) is 8.00. The number of amides is 1. The van der Waals surface area contributed by atoms with E-state index in [0.717, 1.165) is 31.2 Å². The quantitative estimate of drug-likeness (QED) is 0.402. The molecule has 1 aromatic heterocycles. The normalized spacial score (nSPS) is 23.7. The van der Waals surface area contributed by atoms with Gasteiger partial charge in [0, 0.05) is 49.2 Å². The van der Waals surface area contributed by atoms with Crippen LogP contribution in [0.25, 0.3) is 22.0 Å². The van der Waals surface area contributed by atoms with Gasteiger partial charge in [0.1, 0.15) is 24.4 Å². The zero-order valence-corrected chi connectivity index (χ0v) is 24.5. The predicted octanol–water partition coefficient (Wildman–Crippen LogP) is 5.13. The number of ether oxygens (including phenoxy) is 1. The summed E-state index contributed by atoms with van der Waals surface area (Å²) in [7, 11) is 1.87. The third kappa shape index (κ3) is 5.53. The molecule has 6 rings (SSSR count). The molecule has 3 heterocycles. The van der Waals surface area contributed by atoms with E-state index in [9.17, 15) is 13.6 Å². The Labute approximate surface area is 244 Å². The molecule has 0 spiro atoms. The second kappa shape index (κ2) is 11.7. The fourth-order valence-electron chi connectivity index (χ4n) is 6.74. The number of carbonyl (C=O) groups is 1. The van der Waals surface area contributed by atoms with E-state index in [1.54, 1.807) is 6.07 Å². The van der Waals surface area contributed by atoms with Crippen LogP contribution in [0.5, 0.6) is 6.01 Å². The molecule has 0 bridgehead atoms. The molecule has 2 aromatic carbocycles. The zero-order chi connectivity index (χ0) is 29.5. The Balaban J connectivity index is 1.40. The number of alkyl halides is 2. The molecule has 3 aliphatic rings. The molecule has 2 saturated heterocycles. The number of hydrogen-bond acceptors (Lipinski definition) is 6. The van der Waals surface area contributed by atoms with Gasteiger partial charge in [-0.1, -0.05) is 18.2 Å². The first-order chi connectivity index (χ1) is 20.2. The van der Waals surface area contributed by atoms with Crippen LogP contribution in [0.1, 0.15) is 44.2 Å². The van der Waals surface area contributed by atoms with Crippen molar-refractivity contribution in [3.63, 3.8) is 0 Å². The van der Waals surface area contributed by atoms with E-state index >= 15 is 4.39 Å². The lowest BCUT2D eigenvalue weighted by Crippen LogP contribution is -2.55. The molecule has 1 aliphatic carbocycles. The predicted molar refractivity (Wildman–Crippen MR) is 157 cm³/mol. The number of likely N-dealkylation sites (N-methyl/N-ethyl adjacent to an activating group) is 1. The van der Waals surface area contributed by atoms with Crippen molar-refractivity contribution in [2.45, 2.75) is 70.4 Å². The zero-order valence-electron chi connectivity index (χ0n) is 24.5. The SMILES string of the molecule is CC(F)C(=O)N1CCN(c2nc(OC[C@@H]3C[C@@H](F)CN3C)nc3cc(-c4cccc5c4CCCC5)c(F)cc23)[C@@H](C)C1. The molecule has 2 aliphatic heterocycles. The second-order valence-corrected chi connectivity index (χ2v) is 12.0. The molecule has 1 amide bonds. The van der Waals surface area contributed by atoms with Gasteiger partial charge in [-0.25, -0.2) is 13.2 Å². The summed E-state index contributed by atoms with van der Waals surface area (Å²) in [4.78, 5) is 27.2. The second-order valence-electron chi connectivity index (χ2n) is 12.0. The van der Waals surface area contributed by atoms with Crippen LogP contribution in [0.15, 0.2) is 30.3 Å². The van der Waals surface area contributed by atoms with Crippen LogP contribution in [0.3, 0.4) is 0 Å². The number of carbonyl (C=O) groups excluding carboxylic acids is 1. The van der Waals surface area contributed by atoms with Gasteiger partial charge in [-0.15, -0.1) is 0 Å². The number of fused-ring (bicyclic) bond motifs is 2. The van der Waals surface area contributed by atoms with Crippen LogP contribution >= 0.6 is 0 Å². The number of anilines is 1. The third-order valence-electron chi connectivity index (χ3n) is 9.02. The van der Waals surface area contributed by atoms with Gasteiger partial charge in [0.2, 0.25) is 0 Å². The molecule has 42 heavy (non-hydrogen) atoms. The van der Waals surface area contributed by atoms with E-state index in [1.165, 1.54) is 29.0 Å². The van der Waals surface area contributed by atoms with Crippen molar-refractivity contribution < 1.29 is 22.7 Å². The smallest absolute Gasteiger partial charge is 0.319 e. The molecule has 3 aromatic rings. The number of aryl methyl sites for hydroxylation is 1. The number of aromatic nitrogens is 2. The lowest BCUT2D eigenvalue weighted by Gasteiger charge is -2.41. The topological polar surface area (TPSA) is 61.8 Å². The van der Waals surface area contributed by atoms with Crippen LogP contribution < -0.4 is 9.64 Å². The molecule has 7 nitrogen and oxygen atoms in total. The molecule has 4 atom stereocenters. The highest BCUT2D eigenvalue weighted by molar-refractivity contribution is 5.94. The van der Waals surface area contributed by atoms with Crippen molar-refractivity contribution in [2.24, 2.45) is 0 Å². The van der Waals surface area contributed by atoms with Crippen LogP contribution in [-0.4, -0.2) is 89.9 Å². The monoisotopic (exact) mass is 581 g/mol. The van der Waals surface area contributed by atoms with Gasteiger partial charge in [0.15, 0.2) is 6.17 Å². The van der Waals surface area contributed by atoms with E-state index in [0.29, 0.717) is 54.9 Å². The highest BCUT2D eigenvalue weighted by Crippen LogP contribution is 2.37. The first kappa shape index (κ1) is 28.7. The fourth-order valence-corrected chi connectivity index (χ4v) is 6.74. The minimum atomic E-state index is -1.57. The third-order valence-corrected chi connectivity index (χ3v) is 9.02. The van der Waals surface area contributed by atoms with Crippen molar-refractivity contribution in [1.29, 1.82) is 0 Å². The average Bonchev–Trinajstić information content (AvgIpc) is 3.31. The summed E-state index contributed by atoms with van der Waals surface area (Å²) < 4.78 is 49.8. The van der Waals surface area contributed by atoms with Gasteiger partial charge in [-0.2, -0.15) is 9.97 Å². The summed E-state index contributed by atoms with van der Waals surface area (Å²) in [6.45, 7) is 4.81. The number of halogens is 3. The Hall–Kier alpha value is -3.40. The molecule has 0 radical (unpaired) electrons. The van der Waals surface area contributed by atoms with Gasteiger partial charge >= 0.3 is 6.01 Å². The fraction of sp³-hybridized carbons (Fsp3) is 0.531. The molecule has 1 unspecified atom stereocenters. The van der Waals surface area contributed by atoms with Gasteiger partial charge in [0.25, 0.3) is 5.91 Å². The van der Waals surface area contributed by atoms with Crippen LogP contribution in [-0.2, 0) is 17.6 Å². The molecule has 2 fully saturated rings. The summed E-state index contributed by atoms with van der Waals surface area (Å²) in [5.74, 6) is -0.382. The van der Waals surface area contributed by atoms with E-state index < -0.39 is 18.3 Å². The maximum Gasteiger partial charge on any atom is 0.319 e. The van der Waals surface area contributed by atoms with Crippen molar-refractivity contribution >= 4 is 22.6 Å². The van der Waals surface area contributed by atoms with Crippen molar-refractivity contribution in [3.05, 3.63) is 47.3 Å². The summed E-state index contributed by atoms with van der Waals surface area (Å²) in [5, 5.41) is 0.542. The first-order valence-electron chi connectivity index (χ1n) is 15.0. The average molecular weight is 582 g/mol. The van der Waals surface area contributed by atoms with Crippen molar-refractivity contribution in [3.8, 4) is 17.1 Å².